The zero-order valence-electron chi connectivity index (χ0n) is 28.2. The number of piperidine rings is 1. The van der Waals surface area contributed by atoms with Crippen LogP contribution in [0, 0.1) is 41.9 Å². The van der Waals surface area contributed by atoms with Gasteiger partial charge in [0.2, 0.25) is 5.91 Å². The van der Waals surface area contributed by atoms with E-state index in [-0.39, 0.29) is 36.0 Å². The third-order valence-electron chi connectivity index (χ3n) is 9.80. The van der Waals surface area contributed by atoms with E-state index in [2.05, 4.69) is 16.7 Å². The number of nitrogens with one attached hydrogen (secondary N) is 2. The van der Waals surface area contributed by atoms with Crippen LogP contribution in [0.5, 0.6) is 0 Å². The summed E-state index contributed by atoms with van der Waals surface area (Å²) in [5.41, 5.74) is 11.1. The smallest absolute Gasteiger partial charge is 0.339 e. The number of nitrogens with two attached hydrogens (primary N) is 1. The quantitative estimate of drug-likeness (QED) is 0.137. The number of benzene rings is 2. The number of methoxy groups -OCH3 is 1. The number of carbonyl (C=O) groups is 2. The van der Waals surface area contributed by atoms with Gasteiger partial charge in [0.25, 0.3) is 0 Å². The summed E-state index contributed by atoms with van der Waals surface area (Å²) in [5, 5.41) is 19.2. The van der Waals surface area contributed by atoms with Crippen LogP contribution < -0.4 is 15.5 Å². The fourth-order valence-electron chi connectivity index (χ4n) is 6.94. The molecule has 4 heterocycles. The number of fused-ring (bicyclic) bond motifs is 1. The van der Waals surface area contributed by atoms with Crippen molar-refractivity contribution in [1.29, 1.82) is 10.8 Å². The Morgan fingerprint density at radius 1 is 1.14 bits per heavy atom. The number of ether oxygens (including phenoxy) is 1. The Hall–Kier alpha value is -4.50. The summed E-state index contributed by atoms with van der Waals surface area (Å²) < 4.78 is 4.93. The number of halogens is 1. The second kappa shape index (κ2) is 13.8. The molecule has 10 nitrogen and oxygen atoms in total. The lowest BCUT2D eigenvalue weighted by Gasteiger charge is -2.54. The molecule has 6 rings (SSSR count). The van der Waals surface area contributed by atoms with Crippen LogP contribution in [0.3, 0.4) is 0 Å². The number of thiophene rings is 1. The first kappa shape index (κ1) is 34.4. The summed E-state index contributed by atoms with van der Waals surface area (Å²) in [7, 11) is 1.35. The van der Waals surface area contributed by atoms with Gasteiger partial charge in [-0.15, -0.1) is 11.3 Å². The van der Waals surface area contributed by atoms with E-state index in [1.165, 1.54) is 7.11 Å². The van der Waals surface area contributed by atoms with Crippen LogP contribution in [0.1, 0.15) is 63.7 Å². The molecule has 0 saturated carbocycles. The molecule has 3 aliphatic rings. The molecular formula is C37H40ClN7O3S. The van der Waals surface area contributed by atoms with Crippen molar-refractivity contribution >= 4 is 62.9 Å². The number of amides is 1. The van der Waals surface area contributed by atoms with E-state index >= 15 is 0 Å². The van der Waals surface area contributed by atoms with Crippen LogP contribution in [0.2, 0.25) is 5.02 Å². The molecule has 0 radical (unpaired) electrons. The molecule has 3 aromatic rings. The Bertz CT molecular complexity index is 1920. The molecule has 49 heavy (non-hydrogen) atoms. The molecule has 2 saturated heterocycles. The van der Waals surface area contributed by atoms with Gasteiger partial charge in [-0.1, -0.05) is 35.6 Å². The van der Waals surface area contributed by atoms with Gasteiger partial charge >= 0.3 is 5.97 Å². The summed E-state index contributed by atoms with van der Waals surface area (Å²) >= 11 is 7.76. The third kappa shape index (κ3) is 6.61. The molecule has 254 valence electrons. The molecule has 1 atom stereocenters. The lowest BCUT2D eigenvalue weighted by molar-refractivity contribution is -0.144. The molecule has 12 heteroatoms. The second-order valence-corrected chi connectivity index (χ2v) is 14.6. The fourth-order valence-corrected chi connectivity index (χ4v) is 8.29. The van der Waals surface area contributed by atoms with Gasteiger partial charge in [0.1, 0.15) is 22.7 Å². The van der Waals surface area contributed by atoms with Crippen LogP contribution in [0.15, 0.2) is 47.5 Å². The van der Waals surface area contributed by atoms with Crippen molar-refractivity contribution in [3.63, 3.8) is 0 Å². The third-order valence-corrected chi connectivity index (χ3v) is 11.2. The van der Waals surface area contributed by atoms with E-state index in [0.29, 0.717) is 35.0 Å². The van der Waals surface area contributed by atoms with Crippen molar-refractivity contribution in [1.82, 2.24) is 4.90 Å². The Morgan fingerprint density at radius 3 is 2.47 bits per heavy atom. The highest BCUT2D eigenvalue weighted by Crippen LogP contribution is 2.43. The molecule has 3 aliphatic heterocycles. The molecule has 2 fully saturated rings. The molecule has 0 aliphatic carbocycles. The summed E-state index contributed by atoms with van der Waals surface area (Å²) in [5.74, 6) is 5.72. The van der Waals surface area contributed by atoms with Gasteiger partial charge in [0, 0.05) is 63.9 Å². The monoisotopic (exact) mass is 697 g/mol. The largest absolute Gasteiger partial charge is 0.465 e. The van der Waals surface area contributed by atoms with Crippen LogP contribution in [0.4, 0.5) is 10.7 Å². The number of aryl methyl sites for hydroxylation is 1. The Kier molecular flexibility index (Phi) is 9.67. The molecule has 0 bridgehead atoms. The van der Waals surface area contributed by atoms with Gasteiger partial charge in [-0.3, -0.25) is 25.5 Å². The first-order chi connectivity index (χ1) is 23.4. The molecule has 1 amide bonds. The van der Waals surface area contributed by atoms with Crippen LogP contribution in [0.25, 0.3) is 0 Å². The summed E-state index contributed by atoms with van der Waals surface area (Å²) in [6.07, 6.45) is 1.90. The zero-order valence-corrected chi connectivity index (χ0v) is 29.7. The standard InChI is InChI=1S/C37H40ClN7O3S/c1-22-23(2)49-35-32(22)33(25-7-9-27(38)10-8-25)42-30(34(41)45(35)24(3)40)19-31(46)44-20-37(21-44)13-16-43(17-14-37)28-11-12-29(36(47)48-4)26(18-28)6-5-15-39/h7-12,18,30,40-41H,13-17,19-21,39H2,1-4H3/t30-/m0/s1. The van der Waals surface area contributed by atoms with E-state index in [1.54, 1.807) is 29.2 Å². The van der Waals surface area contributed by atoms with Crippen molar-refractivity contribution in [3.05, 3.63) is 80.2 Å². The predicted octanol–water partition coefficient (Wildman–Crippen LogP) is 5.63. The van der Waals surface area contributed by atoms with Gasteiger partial charge in [-0.05, 0) is 69.5 Å². The first-order valence-electron chi connectivity index (χ1n) is 16.3. The number of anilines is 2. The normalized spacial score (nSPS) is 18.2. The first-order valence-corrected chi connectivity index (χ1v) is 17.5. The van der Waals surface area contributed by atoms with Gasteiger partial charge in [-0.25, -0.2) is 4.79 Å². The van der Waals surface area contributed by atoms with Crippen molar-refractivity contribution in [3.8, 4) is 11.8 Å². The van der Waals surface area contributed by atoms with Crippen molar-refractivity contribution in [2.75, 3.05) is 49.6 Å². The van der Waals surface area contributed by atoms with Gasteiger partial charge in [0.15, 0.2) is 0 Å². The van der Waals surface area contributed by atoms with E-state index < -0.39 is 12.0 Å². The number of carbonyl (C=O) groups excluding carboxylic acids is 2. The molecule has 1 spiro atoms. The maximum atomic E-state index is 13.8. The highest BCUT2D eigenvalue weighted by Gasteiger charge is 2.47. The maximum Gasteiger partial charge on any atom is 0.339 e. The van der Waals surface area contributed by atoms with Crippen LogP contribution in [-0.2, 0) is 9.53 Å². The summed E-state index contributed by atoms with van der Waals surface area (Å²) in [6.45, 7) is 8.92. The average Bonchev–Trinajstić information content (AvgIpc) is 3.29. The summed E-state index contributed by atoms with van der Waals surface area (Å²) in [4.78, 5) is 38.1. The molecule has 0 unspecified atom stereocenters. The highest BCUT2D eigenvalue weighted by molar-refractivity contribution is 7.17. The minimum absolute atomic E-state index is 0.0377. The second-order valence-electron chi connectivity index (χ2n) is 12.9. The fraction of sp³-hybridized carbons (Fsp3) is 0.378. The van der Waals surface area contributed by atoms with Crippen molar-refractivity contribution < 1.29 is 14.3 Å². The summed E-state index contributed by atoms with van der Waals surface area (Å²) in [6, 6.07) is 12.3. The molecule has 1 aromatic heterocycles. The number of rotatable bonds is 5. The number of esters is 1. The van der Waals surface area contributed by atoms with Gasteiger partial charge in [-0.2, -0.15) is 0 Å². The van der Waals surface area contributed by atoms with Gasteiger partial charge in [0.05, 0.1) is 31.4 Å². The minimum Gasteiger partial charge on any atom is -0.465 e. The Labute approximate surface area is 295 Å². The minimum atomic E-state index is -0.749. The SMILES string of the molecule is COC(=O)c1ccc(N2CCC3(CC2)CN(C(=O)C[C@@H]2N=C(c4ccc(Cl)cc4)c4c(sc(C)c4C)N(C(C)=N)C2=N)C3)cc1C#CCN. The van der Waals surface area contributed by atoms with Crippen molar-refractivity contribution in [2.45, 2.75) is 46.1 Å². The maximum absolute atomic E-state index is 13.8. The number of hydrogen-bond acceptors (Lipinski definition) is 9. The van der Waals surface area contributed by atoms with E-state index in [4.69, 9.17) is 32.5 Å². The Balaban J connectivity index is 1.17. The number of nitrogens with zero attached hydrogens (tertiary/aromatic N) is 4. The zero-order chi connectivity index (χ0) is 35.0. The highest BCUT2D eigenvalue weighted by atomic mass is 35.5. The number of likely N-dealkylation sites (tertiary alicyclic amines) is 1. The van der Waals surface area contributed by atoms with Gasteiger partial charge < -0.3 is 20.3 Å². The Morgan fingerprint density at radius 2 is 1.84 bits per heavy atom. The lowest BCUT2D eigenvalue weighted by atomic mass is 9.71. The van der Waals surface area contributed by atoms with E-state index in [1.807, 2.05) is 55.1 Å². The molecular weight excluding hydrogens is 658 g/mol. The number of aliphatic imine (C=N–C) groups is 1. The molecule has 4 N–H and O–H groups in total. The number of amidine groups is 2. The van der Waals surface area contributed by atoms with Crippen molar-refractivity contribution in [2.24, 2.45) is 16.1 Å². The number of hydrogen-bond donors (Lipinski definition) is 3. The average molecular weight is 698 g/mol. The topological polar surface area (TPSA) is 139 Å². The predicted molar refractivity (Wildman–Crippen MR) is 197 cm³/mol. The lowest BCUT2D eigenvalue weighted by Crippen LogP contribution is -2.62. The van der Waals surface area contributed by atoms with Crippen LogP contribution >= 0.6 is 22.9 Å². The van der Waals surface area contributed by atoms with E-state index in [0.717, 1.165) is 58.2 Å². The van der Waals surface area contributed by atoms with Crippen LogP contribution in [-0.4, -0.2) is 80.0 Å². The van der Waals surface area contributed by atoms with E-state index in [9.17, 15) is 15.0 Å². The molecule has 2 aromatic carbocycles.